The van der Waals surface area contributed by atoms with E-state index in [0.29, 0.717) is 47.0 Å². The van der Waals surface area contributed by atoms with E-state index in [0.717, 1.165) is 5.56 Å². The average Bonchev–Trinajstić information content (AvgIpc) is 3.57. The molecule has 41 heavy (non-hydrogen) atoms. The zero-order chi connectivity index (χ0) is 28.8. The van der Waals surface area contributed by atoms with Gasteiger partial charge in [0, 0.05) is 12.1 Å². The molecule has 6 rings (SSSR count). The summed E-state index contributed by atoms with van der Waals surface area (Å²) in [5, 5.41) is 34.6. The third-order valence-corrected chi connectivity index (χ3v) is 8.37. The molecule has 2 fully saturated rings. The van der Waals surface area contributed by atoms with Crippen LogP contribution in [0.25, 0.3) is 0 Å². The van der Waals surface area contributed by atoms with Gasteiger partial charge in [-0.1, -0.05) is 42.5 Å². The minimum Gasteiger partial charge on any atom is -0.497 e. The summed E-state index contributed by atoms with van der Waals surface area (Å²) in [7, 11) is 3.08. The van der Waals surface area contributed by atoms with Crippen molar-refractivity contribution in [1.82, 2.24) is 5.32 Å². The van der Waals surface area contributed by atoms with Gasteiger partial charge in [0.25, 0.3) is 0 Å². The fourth-order valence-corrected chi connectivity index (χ4v) is 6.65. The van der Waals surface area contributed by atoms with E-state index in [1.54, 1.807) is 31.4 Å². The van der Waals surface area contributed by atoms with Gasteiger partial charge in [-0.3, -0.25) is 0 Å². The van der Waals surface area contributed by atoms with E-state index in [1.807, 2.05) is 42.5 Å². The van der Waals surface area contributed by atoms with Gasteiger partial charge in [0.05, 0.1) is 51.1 Å². The predicted octanol–water partition coefficient (Wildman–Crippen LogP) is 2.97. The third-order valence-electron chi connectivity index (χ3n) is 8.37. The van der Waals surface area contributed by atoms with Gasteiger partial charge in [0.15, 0.2) is 17.3 Å². The number of nitrogens with one attached hydrogen (secondary N) is 1. The maximum Gasteiger partial charge on any atom is 0.407 e. The van der Waals surface area contributed by atoms with Crippen LogP contribution in [0.2, 0.25) is 0 Å². The zero-order valence-corrected chi connectivity index (χ0v) is 22.8. The van der Waals surface area contributed by atoms with Crippen LogP contribution < -0.4 is 24.3 Å². The molecule has 0 aromatic heterocycles. The minimum atomic E-state index is -1.85. The van der Waals surface area contributed by atoms with Gasteiger partial charge >= 0.3 is 6.09 Å². The lowest BCUT2D eigenvalue weighted by atomic mass is 9.71. The fourth-order valence-electron chi connectivity index (χ4n) is 6.65. The van der Waals surface area contributed by atoms with Crippen molar-refractivity contribution in [2.45, 2.75) is 48.2 Å². The molecule has 1 aliphatic carbocycles. The van der Waals surface area contributed by atoms with Crippen LogP contribution >= 0.6 is 0 Å². The Kier molecular flexibility index (Phi) is 6.93. The van der Waals surface area contributed by atoms with Gasteiger partial charge in [-0.25, -0.2) is 4.79 Å². The summed E-state index contributed by atoms with van der Waals surface area (Å²) in [5.41, 5.74) is -1.39. The van der Waals surface area contributed by atoms with Gasteiger partial charge in [-0.15, -0.1) is 0 Å². The number of fused-ring (bicyclic) bond motifs is 5. The van der Waals surface area contributed by atoms with Crippen molar-refractivity contribution in [1.29, 1.82) is 0 Å². The molecule has 6 unspecified atom stereocenters. The number of hydrogen-bond donors (Lipinski definition) is 4. The average molecular weight is 564 g/mol. The van der Waals surface area contributed by atoms with Crippen LogP contribution in [0.5, 0.6) is 23.0 Å². The van der Waals surface area contributed by atoms with Crippen LogP contribution in [0, 0.1) is 0 Å². The van der Waals surface area contributed by atoms with E-state index in [9.17, 15) is 15.0 Å². The van der Waals surface area contributed by atoms with Crippen molar-refractivity contribution < 1.29 is 43.8 Å². The summed E-state index contributed by atoms with van der Waals surface area (Å²) < 4.78 is 29.9. The second kappa shape index (κ2) is 10.4. The van der Waals surface area contributed by atoms with Crippen molar-refractivity contribution in [2.75, 3.05) is 27.4 Å². The number of methoxy groups -OCH3 is 2. The molecule has 0 radical (unpaired) electrons. The number of aliphatic hydroxyl groups is 3. The number of ether oxygens (including phenoxy) is 5. The highest BCUT2D eigenvalue weighted by Gasteiger charge is 2.80. The third kappa shape index (κ3) is 4.08. The van der Waals surface area contributed by atoms with Crippen LogP contribution in [0.3, 0.4) is 0 Å². The van der Waals surface area contributed by atoms with E-state index >= 15 is 0 Å². The molecule has 10 heteroatoms. The van der Waals surface area contributed by atoms with Crippen LogP contribution in [-0.2, 0) is 15.9 Å². The molecular weight excluding hydrogens is 530 g/mol. The second-order valence-corrected chi connectivity index (χ2v) is 10.5. The van der Waals surface area contributed by atoms with Crippen molar-refractivity contribution in [3.63, 3.8) is 0 Å². The molecule has 6 atom stereocenters. The van der Waals surface area contributed by atoms with E-state index < -0.39 is 41.5 Å². The number of benzene rings is 3. The van der Waals surface area contributed by atoms with Crippen LogP contribution in [-0.4, -0.2) is 67.1 Å². The molecule has 4 N–H and O–H groups in total. The smallest absolute Gasteiger partial charge is 0.407 e. The summed E-state index contributed by atoms with van der Waals surface area (Å²) in [6.07, 6.45) is -1.52. The molecule has 216 valence electrons. The molecule has 1 saturated carbocycles. The Balaban J connectivity index is 1.51. The lowest BCUT2D eigenvalue weighted by molar-refractivity contribution is -0.147. The number of aliphatic hydroxyl groups excluding tert-OH is 2. The van der Waals surface area contributed by atoms with Crippen molar-refractivity contribution in [3.05, 3.63) is 83.4 Å². The molecule has 2 heterocycles. The molecular formula is C31H33NO9. The lowest BCUT2D eigenvalue weighted by Crippen LogP contribution is -2.52. The first kappa shape index (κ1) is 27.2. The largest absolute Gasteiger partial charge is 0.497 e. The lowest BCUT2D eigenvalue weighted by Gasteiger charge is -2.41. The number of rotatable bonds is 10. The Bertz CT molecular complexity index is 1420. The highest BCUT2D eigenvalue weighted by atomic mass is 16.6. The predicted molar refractivity (Wildman–Crippen MR) is 146 cm³/mol. The van der Waals surface area contributed by atoms with Gasteiger partial charge < -0.3 is 44.3 Å². The van der Waals surface area contributed by atoms with E-state index in [4.69, 9.17) is 28.8 Å². The van der Waals surface area contributed by atoms with Gasteiger partial charge in [0.2, 0.25) is 0 Å². The van der Waals surface area contributed by atoms with Crippen LogP contribution in [0.4, 0.5) is 4.79 Å². The molecule has 0 bridgehead atoms. The fraction of sp³-hybridized carbons (Fsp3) is 0.387. The number of hydrogen-bond acceptors (Lipinski definition) is 9. The zero-order valence-electron chi connectivity index (χ0n) is 22.8. The normalized spacial score (nSPS) is 28.0. The molecule has 1 saturated heterocycles. The maximum atomic E-state index is 13.0. The van der Waals surface area contributed by atoms with Crippen molar-refractivity contribution >= 4 is 6.09 Å². The molecule has 0 spiro atoms. The topological polar surface area (TPSA) is 136 Å². The highest BCUT2D eigenvalue weighted by molar-refractivity contribution is 5.74. The maximum absolute atomic E-state index is 13.0. The molecule has 2 aliphatic heterocycles. The molecule has 10 nitrogen and oxygen atoms in total. The quantitative estimate of drug-likeness (QED) is 0.275. The summed E-state index contributed by atoms with van der Waals surface area (Å²) >= 11 is 0. The van der Waals surface area contributed by atoms with E-state index in [1.165, 1.54) is 7.11 Å². The Morgan fingerprint density at radius 2 is 1.78 bits per heavy atom. The van der Waals surface area contributed by atoms with Gasteiger partial charge in [-0.2, -0.15) is 0 Å². The monoisotopic (exact) mass is 563 g/mol. The SMILES string of the molecule is COc1ccc(C23Oc4cc(OCCCC(O)CO)cc(OC)c4C2(O)C2OC(=O)NC2C3c2ccccc2)cc1. The number of carbonyl (C=O) groups is 1. The van der Waals surface area contributed by atoms with Gasteiger partial charge in [0.1, 0.15) is 23.0 Å². The van der Waals surface area contributed by atoms with Crippen molar-refractivity contribution in [3.8, 4) is 23.0 Å². The number of alkyl carbamates (subject to hydrolysis) is 1. The standard InChI is InChI=1S/C31H33NO9/c1-37-21-12-10-19(11-13-21)31-25(18-7-4-3-5-8-18)27-28(40-29(35)32-27)30(31,36)26-23(38-2)15-22(16-24(26)41-31)39-14-6-9-20(34)17-33/h3-5,7-8,10-13,15-16,20,25,27-28,33-34,36H,6,9,14,17H2,1-2H3,(H,32,35). The molecule has 3 aromatic carbocycles. The molecule has 1 amide bonds. The highest BCUT2D eigenvalue weighted by Crippen LogP contribution is 2.69. The summed E-state index contributed by atoms with van der Waals surface area (Å²) in [6, 6.07) is 19.7. The summed E-state index contributed by atoms with van der Waals surface area (Å²) in [6.45, 7) is -0.0253. The van der Waals surface area contributed by atoms with Crippen LogP contribution in [0.1, 0.15) is 35.4 Å². The summed E-state index contributed by atoms with van der Waals surface area (Å²) in [4.78, 5) is 12.6. The van der Waals surface area contributed by atoms with E-state index in [2.05, 4.69) is 5.32 Å². The van der Waals surface area contributed by atoms with E-state index in [-0.39, 0.29) is 13.2 Å². The minimum absolute atomic E-state index is 0.283. The molecule has 3 aliphatic rings. The first-order chi connectivity index (χ1) is 19.9. The Hall–Kier alpha value is -3.99. The number of amides is 1. The Labute approximate surface area is 237 Å². The first-order valence-electron chi connectivity index (χ1n) is 13.6. The van der Waals surface area contributed by atoms with Crippen molar-refractivity contribution in [2.24, 2.45) is 0 Å². The second-order valence-electron chi connectivity index (χ2n) is 10.5. The van der Waals surface area contributed by atoms with Crippen LogP contribution in [0.15, 0.2) is 66.7 Å². The summed E-state index contributed by atoms with van der Waals surface area (Å²) in [5.74, 6) is 1.20. The molecule has 3 aromatic rings. The Morgan fingerprint density at radius 3 is 2.46 bits per heavy atom. The van der Waals surface area contributed by atoms with Gasteiger partial charge in [-0.05, 0) is 36.1 Å². The Morgan fingerprint density at radius 1 is 1.02 bits per heavy atom. The number of carbonyl (C=O) groups excluding carboxylic acids is 1. The first-order valence-corrected chi connectivity index (χ1v) is 13.6.